The van der Waals surface area contributed by atoms with Gasteiger partial charge in [0.2, 0.25) is 5.91 Å². The molecule has 3 aromatic rings. The van der Waals surface area contributed by atoms with Crippen LogP contribution in [0.4, 0.5) is 10.1 Å². The second-order valence-electron chi connectivity index (χ2n) is 6.76. The number of nitrogens with zero attached hydrogens (tertiary/aromatic N) is 2. The summed E-state index contributed by atoms with van der Waals surface area (Å²) in [6.07, 6.45) is 1.20. The van der Waals surface area contributed by atoms with E-state index in [2.05, 4.69) is 26.5 Å². The van der Waals surface area contributed by atoms with Crippen LogP contribution in [0.5, 0.6) is 11.5 Å². The molecule has 0 atom stereocenters. The van der Waals surface area contributed by atoms with Crippen molar-refractivity contribution in [2.24, 2.45) is 5.10 Å². The summed E-state index contributed by atoms with van der Waals surface area (Å²) >= 11 is 3.41. The Morgan fingerprint density at radius 1 is 1.15 bits per heavy atom. The first kappa shape index (κ1) is 23.9. The number of para-hydroxylation sites is 1. The second-order valence-corrected chi connectivity index (χ2v) is 7.61. The van der Waals surface area contributed by atoms with Gasteiger partial charge in [0.25, 0.3) is 5.69 Å². The Morgan fingerprint density at radius 2 is 1.85 bits per heavy atom. The van der Waals surface area contributed by atoms with Crippen molar-refractivity contribution in [3.8, 4) is 11.5 Å². The molecule has 8 nitrogen and oxygen atoms in total. The minimum absolute atomic E-state index is 0.0184. The van der Waals surface area contributed by atoms with Crippen molar-refractivity contribution in [1.82, 2.24) is 5.43 Å². The van der Waals surface area contributed by atoms with Crippen molar-refractivity contribution < 1.29 is 23.6 Å². The molecule has 0 saturated carbocycles. The van der Waals surface area contributed by atoms with Gasteiger partial charge in [0.05, 0.1) is 24.7 Å². The summed E-state index contributed by atoms with van der Waals surface area (Å²) in [7, 11) is 1.47. The molecule has 0 radical (unpaired) electrons. The number of methoxy groups -OCH3 is 1. The van der Waals surface area contributed by atoms with Crippen LogP contribution >= 0.6 is 15.9 Å². The number of ether oxygens (including phenoxy) is 2. The average molecular weight is 516 g/mol. The van der Waals surface area contributed by atoms with Crippen molar-refractivity contribution in [3.63, 3.8) is 0 Å². The van der Waals surface area contributed by atoms with Gasteiger partial charge < -0.3 is 9.47 Å². The Morgan fingerprint density at radius 3 is 2.55 bits per heavy atom. The van der Waals surface area contributed by atoms with Crippen LogP contribution in [0, 0.1) is 15.9 Å². The van der Waals surface area contributed by atoms with Crippen LogP contribution in [0.2, 0.25) is 0 Å². The zero-order valence-corrected chi connectivity index (χ0v) is 19.0. The van der Waals surface area contributed by atoms with Crippen LogP contribution in [-0.2, 0) is 17.8 Å². The van der Waals surface area contributed by atoms with Gasteiger partial charge in [0.15, 0.2) is 11.5 Å². The quantitative estimate of drug-likeness (QED) is 0.251. The molecule has 0 bridgehead atoms. The van der Waals surface area contributed by atoms with E-state index in [-0.39, 0.29) is 30.1 Å². The molecule has 0 saturated heterocycles. The smallest absolute Gasteiger partial charge is 0.273 e. The Bertz CT molecular complexity index is 1200. The van der Waals surface area contributed by atoms with E-state index in [1.54, 1.807) is 36.4 Å². The Labute approximate surface area is 197 Å². The number of hydrogen-bond donors (Lipinski definition) is 1. The normalized spacial score (nSPS) is 10.8. The topological polar surface area (TPSA) is 103 Å². The first-order valence-corrected chi connectivity index (χ1v) is 10.5. The van der Waals surface area contributed by atoms with E-state index in [1.807, 2.05) is 0 Å². The third-order valence-corrected chi connectivity index (χ3v) is 5.24. The molecule has 0 fully saturated rings. The van der Waals surface area contributed by atoms with Gasteiger partial charge in [0.1, 0.15) is 12.4 Å². The van der Waals surface area contributed by atoms with Gasteiger partial charge in [-0.25, -0.2) is 9.82 Å². The molecule has 170 valence electrons. The SMILES string of the molecule is COc1cc(/C=N/NC(=O)Cc2ccccc2[N+](=O)[O-])c(Br)cc1OCc1ccccc1F. The number of carbonyl (C=O) groups excluding carboxylic acids is 1. The molecule has 3 aromatic carbocycles. The first-order chi connectivity index (χ1) is 15.9. The number of nitro benzene ring substituents is 1. The van der Waals surface area contributed by atoms with Gasteiger partial charge in [-0.2, -0.15) is 5.10 Å². The van der Waals surface area contributed by atoms with Gasteiger partial charge in [-0.3, -0.25) is 14.9 Å². The molecule has 0 unspecified atom stereocenters. The summed E-state index contributed by atoms with van der Waals surface area (Å²) in [5.74, 6) is -0.0863. The third kappa shape index (κ3) is 6.36. The highest BCUT2D eigenvalue weighted by Crippen LogP contribution is 2.33. The van der Waals surface area contributed by atoms with Gasteiger partial charge >= 0.3 is 0 Å². The van der Waals surface area contributed by atoms with E-state index in [0.29, 0.717) is 27.1 Å². The van der Waals surface area contributed by atoms with Crippen LogP contribution in [0.15, 0.2) is 70.2 Å². The maximum atomic E-state index is 13.8. The third-order valence-electron chi connectivity index (χ3n) is 4.56. The summed E-state index contributed by atoms with van der Waals surface area (Å²) in [4.78, 5) is 22.7. The molecule has 1 amide bonds. The first-order valence-electron chi connectivity index (χ1n) is 9.67. The highest BCUT2D eigenvalue weighted by Gasteiger charge is 2.15. The number of nitrogens with one attached hydrogen (secondary N) is 1. The number of rotatable bonds is 9. The number of benzene rings is 3. The van der Waals surface area contributed by atoms with Crippen LogP contribution in [-0.4, -0.2) is 24.2 Å². The van der Waals surface area contributed by atoms with Gasteiger partial charge in [-0.05, 0) is 34.1 Å². The molecule has 0 aliphatic carbocycles. The van der Waals surface area contributed by atoms with Crippen LogP contribution in [0.25, 0.3) is 0 Å². The van der Waals surface area contributed by atoms with E-state index >= 15 is 0 Å². The minimum atomic E-state index is -0.537. The van der Waals surface area contributed by atoms with Crippen molar-refractivity contribution in [3.05, 3.63) is 97.8 Å². The lowest BCUT2D eigenvalue weighted by molar-refractivity contribution is -0.385. The van der Waals surface area contributed by atoms with Gasteiger partial charge in [-0.15, -0.1) is 0 Å². The maximum absolute atomic E-state index is 13.8. The number of nitro groups is 1. The average Bonchev–Trinajstić information content (AvgIpc) is 2.80. The standard InChI is InChI=1S/C23H19BrFN3O5/c1-32-21-10-17(18(24)12-22(21)33-14-16-7-2-4-8-19(16)25)13-26-27-23(29)11-15-6-3-5-9-20(15)28(30)31/h2-10,12-13H,11,14H2,1H3,(H,27,29)/b26-13+. The van der Waals surface area contributed by atoms with E-state index < -0.39 is 10.8 Å². The Kier molecular flexibility index (Phi) is 8.09. The molecule has 1 N–H and O–H groups in total. The monoisotopic (exact) mass is 515 g/mol. The summed E-state index contributed by atoms with van der Waals surface area (Å²) in [6, 6.07) is 15.6. The van der Waals surface area contributed by atoms with Crippen molar-refractivity contribution >= 4 is 33.7 Å². The summed E-state index contributed by atoms with van der Waals surface area (Å²) in [5, 5.41) is 15.0. The lowest BCUT2D eigenvalue weighted by Crippen LogP contribution is -2.20. The molecule has 0 heterocycles. The molecular weight excluding hydrogens is 497 g/mol. The molecule has 0 aliphatic heterocycles. The highest BCUT2D eigenvalue weighted by atomic mass is 79.9. The fraction of sp³-hybridized carbons (Fsp3) is 0.130. The number of hydrazone groups is 1. The summed E-state index contributed by atoms with van der Waals surface area (Å²) in [5.41, 5.74) is 3.49. The minimum Gasteiger partial charge on any atom is -0.493 e. The fourth-order valence-electron chi connectivity index (χ4n) is 2.92. The molecule has 3 rings (SSSR count). The van der Waals surface area contributed by atoms with Crippen molar-refractivity contribution in [1.29, 1.82) is 0 Å². The lowest BCUT2D eigenvalue weighted by atomic mass is 10.1. The molecule has 0 aromatic heterocycles. The van der Waals surface area contributed by atoms with Crippen LogP contribution < -0.4 is 14.9 Å². The zero-order chi connectivity index (χ0) is 23.8. The van der Waals surface area contributed by atoms with E-state index in [9.17, 15) is 19.3 Å². The van der Waals surface area contributed by atoms with E-state index in [0.717, 1.165) is 0 Å². The zero-order valence-electron chi connectivity index (χ0n) is 17.5. The fourth-order valence-corrected chi connectivity index (χ4v) is 3.34. The Balaban J connectivity index is 1.66. The molecule has 10 heteroatoms. The second kappa shape index (κ2) is 11.2. The predicted molar refractivity (Wildman–Crippen MR) is 124 cm³/mol. The number of amides is 1. The Hall–Kier alpha value is -3.79. The predicted octanol–water partition coefficient (Wildman–Crippen LogP) is 4.78. The highest BCUT2D eigenvalue weighted by molar-refractivity contribution is 9.10. The van der Waals surface area contributed by atoms with E-state index in [1.165, 1.54) is 37.6 Å². The van der Waals surface area contributed by atoms with Crippen LogP contribution in [0.1, 0.15) is 16.7 Å². The molecule has 0 aliphatic rings. The number of halogens is 2. The summed E-state index contributed by atoms with van der Waals surface area (Å²) < 4.78 is 25.5. The van der Waals surface area contributed by atoms with Crippen LogP contribution in [0.3, 0.4) is 0 Å². The summed E-state index contributed by atoms with van der Waals surface area (Å²) in [6.45, 7) is 0.0184. The lowest BCUT2D eigenvalue weighted by Gasteiger charge is -2.13. The van der Waals surface area contributed by atoms with E-state index in [4.69, 9.17) is 9.47 Å². The largest absolute Gasteiger partial charge is 0.493 e. The number of hydrogen-bond acceptors (Lipinski definition) is 6. The number of carbonyl (C=O) groups is 1. The van der Waals surface area contributed by atoms with Crippen molar-refractivity contribution in [2.75, 3.05) is 7.11 Å². The van der Waals surface area contributed by atoms with Gasteiger partial charge in [0, 0.05) is 27.2 Å². The van der Waals surface area contributed by atoms with Gasteiger partial charge in [-0.1, -0.05) is 36.4 Å². The molecule has 0 spiro atoms. The van der Waals surface area contributed by atoms with Crippen molar-refractivity contribution in [2.45, 2.75) is 13.0 Å². The maximum Gasteiger partial charge on any atom is 0.273 e. The molecule has 33 heavy (non-hydrogen) atoms. The molecular formula is C23H19BrFN3O5.